The molecule has 7 heteroatoms. The van der Waals surface area contributed by atoms with Gasteiger partial charge in [0.25, 0.3) is 0 Å². The SMILES string of the molecule is C#CC#CC#CC#CS(=O)(=O)ON=C1C=C/C(=C(/C#N)c2ccccc2C)S1. The zero-order chi connectivity index (χ0) is 20.4. The summed E-state index contributed by atoms with van der Waals surface area (Å²) >= 11 is 1.12. The van der Waals surface area contributed by atoms with Crippen molar-refractivity contribution in [3.8, 4) is 53.3 Å². The van der Waals surface area contributed by atoms with Crippen molar-refractivity contribution in [3.63, 3.8) is 0 Å². The maximum absolute atomic E-state index is 11.7. The van der Waals surface area contributed by atoms with Gasteiger partial charge in [0.15, 0.2) is 0 Å². The largest absolute Gasteiger partial charge is 0.402 e. The van der Waals surface area contributed by atoms with Crippen molar-refractivity contribution in [2.75, 3.05) is 0 Å². The van der Waals surface area contributed by atoms with Crippen LogP contribution in [-0.2, 0) is 14.4 Å². The van der Waals surface area contributed by atoms with Crippen LogP contribution in [0.2, 0.25) is 0 Å². The van der Waals surface area contributed by atoms with Gasteiger partial charge in [-0.1, -0.05) is 41.2 Å². The van der Waals surface area contributed by atoms with E-state index in [1.54, 1.807) is 12.2 Å². The first-order valence-corrected chi connectivity index (χ1v) is 9.74. The molecule has 0 radical (unpaired) electrons. The fraction of sp³-hybridized carbons (Fsp3) is 0.0476. The Morgan fingerprint density at radius 3 is 2.57 bits per heavy atom. The second-order valence-corrected chi connectivity index (χ2v) is 7.25. The van der Waals surface area contributed by atoms with Gasteiger partial charge in [-0.2, -0.15) is 13.7 Å². The minimum atomic E-state index is -4.23. The number of benzene rings is 1. The van der Waals surface area contributed by atoms with Gasteiger partial charge < -0.3 is 0 Å². The lowest BCUT2D eigenvalue weighted by atomic mass is 10.0. The first-order valence-electron chi connectivity index (χ1n) is 7.52. The van der Waals surface area contributed by atoms with Crippen LogP contribution in [0, 0.1) is 65.5 Å². The lowest BCUT2D eigenvalue weighted by Gasteiger charge is -2.05. The van der Waals surface area contributed by atoms with Crippen LogP contribution in [0.25, 0.3) is 5.57 Å². The smallest absolute Gasteiger partial charge is 0.258 e. The highest BCUT2D eigenvalue weighted by atomic mass is 32.2. The third-order valence-corrected chi connectivity index (χ3v) is 4.69. The number of hydrogen-bond acceptors (Lipinski definition) is 6. The molecule has 28 heavy (non-hydrogen) atoms. The molecule has 1 aromatic rings. The van der Waals surface area contributed by atoms with E-state index in [0.29, 0.717) is 10.5 Å². The monoisotopic (exact) mass is 402 g/mol. The van der Waals surface area contributed by atoms with Crippen molar-refractivity contribution in [1.82, 2.24) is 0 Å². The first kappa shape index (κ1) is 20.5. The van der Waals surface area contributed by atoms with E-state index in [-0.39, 0.29) is 5.04 Å². The zero-order valence-electron chi connectivity index (χ0n) is 14.5. The van der Waals surface area contributed by atoms with Crippen LogP contribution in [0.5, 0.6) is 0 Å². The normalized spacial score (nSPS) is 14.9. The third-order valence-electron chi connectivity index (χ3n) is 3.09. The van der Waals surface area contributed by atoms with E-state index in [0.717, 1.165) is 22.9 Å². The molecule has 1 aliphatic heterocycles. The Bertz CT molecular complexity index is 1270. The lowest BCUT2D eigenvalue weighted by molar-refractivity contribution is 0.349. The molecule has 0 aliphatic carbocycles. The van der Waals surface area contributed by atoms with Gasteiger partial charge in [0, 0.05) is 22.7 Å². The highest BCUT2D eigenvalue weighted by Crippen LogP contribution is 2.34. The number of rotatable bonds is 3. The molecular formula is C21H10N2O3S2. The summed E-state index contributed by atoms with van der Waals surface area (Å²) in [4.78, 5) is 0.639. The highest BCUT2D eigenvalue weighted by Gasteiger charge is 2.17. The van der Waals surface area contributed by atoms with Gasteiger partial charge in [-0.15, -0.1) is 6.42 Å². The maximum Gasteiger partial charge on any atom is 0.402 e. The zero-order valence-corrected chi connectivity index (χ0v) is 16.1. The summed E-state index contributed by atoms with van der Waals surface area (Å²) in [5.41, 5.74) is 2.22. The molecule has 134 valence electrons. The Morgan fingerprint density at radius 1 is 1.14 bits per heavy atom. The van der Waals surface area contributed by atoms with Crippen LogP contribution in [-0.4, -0.2) is 13.5 Å². The summed E-state index contributed by atoms with van der Waals surface area (Å²) in [5.74, 6) is 13.1. The number of thioether (sulfide) groups is 1. The van der Waals surface area contributed by atoms with Crippen LogP contribution in [0.1, 0.15) is 11.1 Å². The molecule has 0 saturated carbocycles. The Balaban J connectivity index is 2.15. The van der Waals surface area contributed by atoms with Crippen molar-refractivity contribution in [3.05, 3.63) is 52.4 Å². The van der Waals surface area contributed by atoms with Crippen LogP contribution in [0.15, 0.2) is 46.5 Å². The third kappa shape index (κ3) is 5.88. The van der Waals surface area contributed by atoms with E-state index < -0.39 is 10.1 Å². The average Bonchev–Trinajstić information content (AvgIpc) is 3.14. The second-order valence-electron chi connectivity index (χ2n) is 4.93. The molecule has 0 saturated heterocycles. The molecule has 1 aromatic carbocycles. The van der Waals surface area contributed by atoms with Gasteiger partial charge in [-0.05, 0) is 48.0 Å². The van der Waals surface area contributed by atoms with Crippen LogP contribution >= 0.6 is 11.8 Å². The van der Waals surface area contributed by atoms with Gasteiger partial charge in [-0.25, -0.2) is 0 Å². The Labute approximate surface area is 168 Å². The predicted molar refractivity (Wildman–Crippen MR) is 110 cm³/mol. The number of terminal acetylenes is 1. The van der Waals surface area contributed by atoms with E-state index in [1.165, 1.54) is 0 Å². The minimum absolute atomic E-state index is 0.271. The number of nitrogens with zero attached hydrogens (tertiary/aromatic N) is 2. The minimum Gasteiger partial charge on any atom is -0.258 e. The van der Waals surface area contributed by atoms with E-state index >= 15 is 0 Å². The molecule has 0 aromatic heterocycles. The van der Waals surface area contributed by atoms with Crippen LogP contribution in [0.4, 0.5) is 0 Å². The van der Waals surface area contributed by atoms with E-state index in [9.17, 15) is 13.7 Å². The van der Waals surface area contributed by atoms with Gasteiger partial charge in [0.2, 0.25) is 0 Å². The maximum atomic E-state index is 11.7. The first-order chi connectivity index (χ1) is 13.5. The van der Waals surface area contributed by atoms with Gasteiger partial charge in [0.1, 0.15) is 11.1 Å². The number of nitriles is 1. The molecule has 0 N–H and O–H groups in total. The molecule has 0 fully saturated rings. The number of hydrogen-bond donors (Lipinski definition) is 0. The molecular weight excluding hydrogens is 392 g/mol. The van der Waals surface area contributed by atoms with Gasteiger partial charge in [-0.3, -0.25) is 4.28 Å². The molecule has 0 atom stereocenters. The standard InChI is InChI=1S/C21H10N2O3S2/c1-3-4-5-6-7-10-15-28(24,25)26-23-21-14-13-20(27-21)19(16-22)18-12-9-8-11-17(18)2/h1,8-9,11-14H,2H3/b20-19+,23-21?. The Kier molecular flexibility index (Phi) is 7.16. The van der Waals surface area contributed by atoms with Gasteiger partial charge >= 0.3 is 10.1 Å². The van der Waals surface area contributed by atoms with Crippen molar-refractivity contribution in [2.45, 2.75) is 6.92 Å². The molecule has 0 spiro atoms. The summed E-state index contributed by atoms with van der Waals surface area (Å²) in [7, 11) is -4.23. The van der Waals surface area contributed by atoms with Crippen molar-refractivity contribution in [2.24, 2.45) is 5.16 Å². The number of aryl methyl sites for hydroxylation is 1. The van der Waals surface area contributed by atoms with E-state index in [2.05, 4.69) is 51.0 Å². The molecule has 2 rings (SSSR count). The summed E-state index contributed by atoms with van der Waals surface area (Å²) < 4.78 is 27.9. The van der Waals surface area contributed by atoms with Crippen molar-refractivity contribution >= 4 is 32.5 Å². The molecule has 5 nitrogen and oxygen atoms in total. The molecule has 0 unspecified atom stereocenters. The summed E-state index contributed by atoms with van der Waals surface area (Å²) in [5, 5.41) is 15.2. The summed E-state index contributed by atoms with van der Waals surface area (Å²) in [6, 6.07) is 9.65. The fourth-order valence-corrected chi connectivity index (χ4v) is 3.20. The topological polar surface area (TPSA) is 79.5 Å². The van der Waals surface area contributed by atoms with E-state index in [4.69, 9.17) is 6.42 Å². The number of allylic oxidation sites excluding steroid dienone is 2. The van der Waals surface area contributed by atoms with Gasteiger partial charge in [0.05, 0.1) is 10.8 Å². The molecule has 1 aliphatic rings. The second kappa shape index (κ2) is 9.78. The Morgan fingerprint density at radius 2 is 1.86 bits per heavy atom. The van der Waals surface area contributed by atoms with Crippen molar-refractivity contribution in [1.29, 1.82) is 5.26 Å². The predicted octanol–water partition coefficient (Wildman–Crippen LogP) is 2.79. The van der Waals surface area contributed by atoms with Crippen molar-refractivity contribution < 1.29 is 12.7 Å². The summed E-state index contributed by atoms with van der Waals surface area (Å²) in [6.07, 6.45) is 8.12. The molecule has 0 bridgehead atoms. The molecule has 0 amide bonds. The summed E-state index contributed by atoms with van der Waals surface area (Å²) in [6.45, 7) is 1.90. The quantitative estimate of drug-likeness (QED) is 0.441. The van der Waals surface area contributed by atoms with Crippen LogP contribution < -0.4 is 0 Å². The average molecular weight is 402 g/mol. The Hall–Kier alpha value is -3.80. The van der Waals surface area contributed by atoms with E-state index in [1.807, 2.05) is 36.4 Å². The van der Waals surface area contributed by atoms with Crippen LogP contribution in [0.3, 0.4) is 0 Å². The highest BCUT2D eigenvalue weighted by molar-refractivity contribution is 8.18. The molecule has 1 heterocycles. The number of oxime groups is 1. The fourth-order valence-electron chi connectivity index (χ4n) is 1.93. The lowest BCUT2D eigenvalue weighted by Crippen LogP contribution is -1.98.